The van der Waals surface area contributed by atoms with Crippen LogP contribution in [0.1, 0.15) is 37.3 Å². The lowest BCUT2D eigenvalue weighted by molar-refractivity contribution is -0.132. The van der Waals surface area contributed by atoms with E-state index in [0.29, 0.717) is 13.0 Å². The van der Waals surface area contributed by atoms with E-state index in [0.717, 1.165) is 31.6 Å². The number of nitrogens with zero attached hydrogens (tertiary/aromatic N) is 1. The Morgan fingerprint density at radius 1 is 1.44 bits per heavy atom. The van der Waals surface area contributed by atoms with Crippen LogP contribution in [0.25, 0.3) is 0 Å². The van der Waals surface area contributed by atoms with E-state index >= 15 is 0 Å². The van der Waals surface area contributed by atoms with E-state index in [1.54, 1.807) is 7.11 Å². The minimum Gasteiger partial charge on any atom is -0.496 e. The zero-order valence-electron chi connectivity index (χ0n) is 11.2. The monoisotopic (exact) mass is 247 g/mol. The lowest BCUT2D eigenvalue weighted by atomic mass is 9.98. The standard InChI is InChI=1S/C15H21NO2/c1-3-4-8-15(17)16-10-9-12-6-5-7-14(18-2)13(12)11-16/h5-7H,3-4,8-11H2,1-2H3. The van der Waals surface area contributed by atoms with Gasteiger partial charge in [0.25, 0.3) is 0 Å². The zero-order valence-corrected chi connectivity index (χ0v) is 11.2. The second-order valence-electron chi connectivity index (χ2n) is 4.77. The van der Waals surface area contributed by atoms with Crippen molar-refractivity contribution in [2.45, 2.75) is 39.2 Å². The number of hydrogen-bond donors (Lipinski definition) is 0. The molecule has 0 spiro atoms. The highest BCUT2D eigenvalue weighted by Gasteiger charge is 2.22. The Balaban J connectivity index is 2.11. The van der Waals surface area contributed by atoms with Gasteiger partial charge in [0.2, 0.25) is 5.91 Å². The Hall–Kier alpha value is -1.51. The summed E-state index contributed by atoms with van der Waals surface area (Å²) >= 11 is 0. The largest absolute Gasteiger partial charge is 0.496 e. The summed E-state index contributed by atoms with van der Waals surface area (Å²) in [5, 5.41) is 0. The number of benzene rings is 1. The first-order chi connectivity index (χ1) is 8.76. The molecule has 0 aromatic heterocycles. The molecule has 1 aliphatic heterocycles. The molecule has 0 atom stereocenters. The number of hydrogen-bond acceptors (Lipinski definition) is 2. The quantitative estimate of drug-likeness (QED) is 0.818. The summed E-state index contributed by atoms with van der Waals surface area (Å²) in [7, 11) is 1.69. The average Bonchev–Trinajstić information content (AvgIpc) is 2.43. The van der Waals surface area contributed by atoms with Gasteiger partial charge in [-0.05, 0) is 24.5 Å². The Morgan fingerprint density at radius 3 is 3.00 bits per heavy atom. The van der Waals surface area contributed by atoms with E-state index in [2.05, 4.69) is 13.0 Å². The second-order valence-corrected chi connectivity index (χ2v) is 4.77. The Kier molecular flexibility index (Phi) is 4.24. The van der Waals surface area contributed by atoms with Crippen LogP contribution >= 0.6 is 0 Å². The molecule has 18 heavy (non-hydrogen) atoms. The number of amides is 1. The van der Waals surface area contributed by atoms with Crippen molar-refractivity contribution < 1.29 is 9.53 Å². The minimum absolute atomic E-state index is 0.272. The molecule has 3 nitrogen and oxygen atoms in total. The fourth-order valence-corrected chi connectivity index (χ4v) is 2.44. The third kappa shape index (κ3) is 2.66. The Bertz CT molecular complexity index is 414. The van der Waals surface area contributed by atoms with Gasteiger partial charge < -0.3 is 9.64 Å². The molecule has 0 bridgehead atoms. The van der Waals surface area contributed by atoms with Gasteiger partial charge in [-0.25, -0.2) is 0 Å². The highest BCUT2D eigenvalue weighted by Crippen LogP contribution is 2.28. The van der Waals surface area contributed by atoms with Crippen LogP contribution in [-0.4, -0.2) is 24.5 Å². The number of rotatable bonds is 4. The summed E-state index contributed by atoms with van der Waals surface area (Å²) in [5.41, 5.74) is 2.49. The summed E-state index contributed by atoms with van der Waals surface area (Å²) in [4.78, 5) is 14.0. The van der Waals surface area contributed by atoms with E-state index in [4.69, 9.17) is 4.74 Å². The van der Waals surface area contributed by atoms with Crippen LogP contribution in [0, 0.1) is 0 Å². The summed E-state index contributed by atoms with van der Waals surface area (Å²) in [6.07, 6.45) is 3.65. The molecule has 0 saturated carbocycles. The molecule has 0 aliphatic carbocycles. The van der Waals surface area contributed by atoms with E-state index in [9.17, 15) is 4.79 Å². The smallest absolute Gasteiger partial charge is 0.222 e. The molecule has 1 heterocycles. The summed E-state index contributed by atoms with van der Waals surface area (Å²) in [6.45, 7) is 3.65. The van der Waals surface area contributed by atoms with Crippen molar-refractivity contribution in [2.75, 3.05) is 13.7 Å². The van der Waals surface area contributed by atoms with Crippen molar-refractivity contribution in [1.29, 1.82) is 0 Å². The second kappa shape index (κ2) is 5.89. The van der Waals surface area contributed by atoms with Crippen molar-refractivity contribution in [3.8, 4) is 5.75 Å². The predicted molar refractivity (Wildman–Crippen MR) is 71.6 cm³/mol. The first-order valence-electron chi connectivity index (χ1n) is 6.68. The molecule has 0 saturated heterocycles. The first kappa shape index (κ1) is 12.9. The molecular formula is C15H21NO2. The molecule has 1 amide bonds. The molecule has 98 valence electrons. The number of methoxy groups -OCH3 is 1. The maximum absolute atomic E-state index is 12.1. The molecule has 0 radical (unpaired) electrons. The van der Waals surface area contributed by atoms with Crippen LogP contribution in [0.15, 0.2) is 18.2 Å². The molecular weight excluding hydrogens is 226 g/mol. The highest BCUT2D eigenvalue weighted by molar-refractivity contribution is 5.76. The third-order valence-electron chi connectivity index (χ3n) is 3.55. The molecule has 0 N–H and O–H groups in total. The third-order valence-corrected chi connectivity index (χ3v) is 3.55. The molecule has 2 rings (SSSR count). The van der Waals surface area contributed by atoms with E-state index in [1.165, 1.54) is 11.1 Å². The normalized spacial score (nSPS) is 14.2. The van der Waals surface area contributed by atoms with Crippen molar-refractivity contribution in [1.82, 2.24) is 4.90 Å². The summed E-state index contributed by atoms with van der Waals surface area (Å²) in [6, 6.07) is 6.12. The van der Waals surface area contributed by atoms with Crippen LogP contribution in [0.5, 0.6) is 5.75 Å². The summed E-state index contributed by atoms with van der Waals surface area (Å²) < 4.78 is 5.38. The Morgan fingerprint density at radius 2 is 2.28 bits per heavy atom. The fourth-order valence-electron chi connectivity index (χ4n) is 2.44. The van der Waals surface area contributed by atoms with Crippen LogP contribution in [0.2, 0.25) is 0 Å². The van der Waals surface area contributed by atoms with Gasteiger partial charge in [-0.3, -0.25) is 4.79 Å². The summed E-state index contributed by atoms with van der Waals surface area (Å²) in [5.74, 6) is 1.17. The fraction of sp³-hybridized carbons (Fsp3) is 0.533. The van der Waals surface area contributed by atoms with Crippen LogP contribution in [0.4, 0.5) is 0 Å². The molecule has 1 aromatic carbocycles. The lowest BCUT2D eigenvalue weighted by Crippen LogP contribution is -2.36. The van der Waals surface area contributed by atoms with Crippen molar-refractivity contribution >= 4 is 5.91 Å². The van der Waals surface area contributed by atoms with Crippen molar-refractivity contribution in [2.24, 2.45) is 0 Å². The number of unbranched alkanes of at least 4 members (excludes halogenated alkanes) is 1. The molecule has 1 aromatic rings. The van der Waals surface area contributed by atoms with Gasteiger partial charge in [-0.15, -0.1) is 0 Å². The van der Waals surface area contributed by atoms with Gasteiger partial charge in [-0.1, -0.05) is 25.5 Å². The van der Waals surface area contributed by atoms with Crippen LogP contribution in [0.3, 0.4) is 0 Å². The van der Waals surface area contributed by atoms with Crippen LogP contribution < -0.4 is 4.74 Å². The number of fused-ring (bicyclic) bond motifs is 1. The highest BCUT2D eigenvalue weighted by atomic mass is 16.5. The SMILES string of the molecule is CCCCC(=O)N1CCc2cccc(OC)c2C1. The molecule has 1 aliphatic rings. The van der Waals surface area contributed by atoms with Gasteiger partial charge in [0, 0.05) is 25.1 Å². The predicted octanol–water partition coefficient (Wildman–Crippen LogP) is 2.77. The van der Waals surface area contributed by atoms with Gasteiger partial charge in [0.15, 0.2) is 0 Å². The van der Waals surface area contributed by atoms with E-state index < -0.39 is 0 Å². The van der Waals surface area contributed by atoms with Crippen molar-refractivity contribution in [3.05, 3.63) is 29.3 Å². The topological polar surface area (TPSA) is 29.5 Å². The van der Waals surface area contributed by atoms with Gasteiger partial charge in [0.1, 0.15) is 5.75 Å². The van der Waals surface area contributed by atoms with Gasteiger partial charge in [-0.2, -0.15) is 0 Å². The maximum atomic E-state index is 12.1. The molecule has 3 heteroatoms. The average molecular weight is 247 g/mol. The number of ether oxygens (including phenoxy) is 1. The van der Waals surface area contributed by atoms with Gasteiger partial charge in [0.05, 0.1) is 7.11 Å². The zero-order chi connectivity index (χ0) is 13.0. The van der Waals surface area contributed by atoms with Crippen molar-refractivity contribution in [3.63, 3.8) is 0 Å². The molecule has 0 fully saturated rings. The van der Waals surface area contributed by atoms with E-state index in [1.807, 2.05) is 17.0 Å². The maximum Gasteiger partial charge on any atom is 0.222 e. The first-order valence-corrected chi connectivity index (χ1v) is 6.68. The minimum atomic E-state index is 0.272. The van der Waals surface area contributed by atoms with E-state index in [-0.39, 0.29) is 5.91 Å². The van der Waals surface area contributed by atoms with Crippen LogP contribution in [-0.2, 0) is 17.8 Å². The van der Waals surface area contributed by atoms with Gasteiger partial charge >= 0.3 is 0 Å². The Labute approximate surface area is 109 Å². The number of carbonyl (C=O) groups excluding carboxylic acids is 1. The number of carbonyl (C=O) groups is 1. The lowest BCUT2D eigenvalue weighted by Gasteiger charge is -2.30. The molecule has 0 unspecified atom stereocenters.